The number of likely N-dealkylation sites (N-methyl/N-ethyl adjacent to an activating group) is 1. The van der Waals surface area contributed by atoms with Crippen molar-refractivity contribution in [2.45, 2.75) is 26.3 Å². The third kappa shape index (κ3) is 4.44. The fourth-order valence-electron chi connectivity index (χ4n) is 2.32. The molecule has 0 amide bonds. The molecule has 0 radical (unpaired) electrons. The summed E-state index contributed by atoms with van der Waals surface area (Å²) in [5.74, 6) is -0.235. The molecule has 1 aromatic carbocycles. The van der Waals surface area contributed by atoms with E-state index in [0.717, 1.165) is 19.6 Å². The lowest BCUT2D eigenvalue weighted by molar-refractivity contribution is -0.148. The molecule has 0 aliphatic rings. The van der Waals surface area contributed by atoms with Gasteiger partial charge in [-0.25, -0.2) is 4.79 Å². The lowest BCUT2D eigenvalue weighted by Crippen LogP contribution is -2.49. The summed E-state index contributed by atoms with van der Waals surface area (Å²) in [6.45, 7) is 9.44. The lowest BCUT2D eigenvalue weighted by atomic mass is 9.91. The van der Waals surface area contributed by atoms with Crippen LogP contribution in [0.5, 0.6) is 5.75 Å². The summed E-state index contributed by atoms with van der Waals surface area (Å²) in [4.78, 5) is 14.5. The van der Waals surface area contributed by atoms with Crippen LogP contribution < -0.4 is 5.32 Å². The zero-order valence-electron chi connectivity index (χ0n) is 13.3. The van der Waals surface area contributed by atoms with Crippen molar-refractivity contribution in [3.8, 4) is 5.75 Å². The van der Waals surface area contributed by atoms with Crippen LogP contribution >= 0.6 is 0 Å². The average molecular weight is 294 g/mol. The second kappa shape index (κ2) is 8.00. The summed E-state index contributed by atoms with van der Waals surface area (Å²) in [7, 11) is 1.37. The van der Waals surface area contributed by atoms with Crippen LogP contribution in [0.2, 0.25) is 0 Å². The molecular weight excluding hydrogens is 268 g/mol. The first kappa shape index (κ1) is 17.5. The Morgan fingerprint density at radius 3 is 2.57 bits per heavy atom. The molecule has 118 valence electrons. The number of ether oxygens (including phenoxy) is 1. The van der Waals surface area contributed by atoms with E-state index < -0.39 is 5.54 Å². The number of benzene rings is 1. The Kier molecular flexibility index (Phi) is 6.65. The molecule has 0 spiro atoms. The third-order valence-electron chi connectivity index (χ3n) is 3.82. The molecule has 5 heteroatoms. The molecule has 1 rings (SSSR count). The zero-order chi connectivity index (χ0) is 15.9. The highest BCUT2D eigenvalue weighted by molar-refractivity contribution is 5.82. The predicted molar refractivity (Wildman–Crippen MR) is 83.3 cm³/mol. The van der Waals surface area contributed by atoms with Gasteiger partial charge in [0.25, 0.3) is 0 Å². The fraction of sp³-hybridized carbons (Fsp3) is 0.562. The number of nitrogens with one attached hydrogen (secondary N) is 1. The number of nitrogens with zero attached hydrogens (tertiary/aromatic N) is 1. The number of phenols is 1. The summed E-state index contributed by atoms with van der Waals surface area (Å²) in [6, 6.07) is 6.69. The number of methoxy groups -OCH3 is 1. The standard InChI is InChI=1S/C16H26N2O3/c1-5-18(6-2)11-10-17-16(3,15(20)21-4)13-8-7-9-14(19)12-13/h7-9,12,17,19H,5-6,10-11H2,1-4H3. The SMILES string of the molecule is CCN(CC)CCNC(C)(C(=O)OC)c1cccc(O)c1. The van der Waals surface area contributed by atoms with E-state index in [-0.39, 0.29) is 11.7 Å². The molecule has 1 atom stereocenters. The normalized spacial score (nSPS) is 14.0. The molecule has 0 bridgehead atoms. The van der Waals surface area contributed by atoms with E-state index in [4.69, 9.17) is 4.74 Å². The van der Waals surface area contributed by atoms with Gasteiger partial charge >= 0.3 is 5.97 Å². The van der Waals surface area contributed by atoms with Crippen molar-refractivity contribution in [2.75, 3.05) is 33.3 Å². The first-order valence-electron chi connectivity index (χ1n) is 7.33. The quantitative estimate of drug-likeness (QED) is 0.715. The molecule has 0 aliphatic carbocycles. The number of hydrogen-bond donors (Lipinski definition) is 2. The topological polar surface area (TPSA) is 61.8 Å². The minimum Gasteiger partial charge on any atom is -0.508 e. The Morgan fingerprint density at radius 1 is 1.38 bits per heavy atom. The number of carbonyl (C=O) groups excluding carboxylic acids is 1. The van der Waals surface area contributed by atoms with Crippen LogP contribution in [0.15, 0.2) is 24.3 Å². The van der Waals surface area contributed by atoms with Gasteiger partial charge < -0.3 is 14.7 Å². The molecular formula is C16H26N2O3. The van der Waals surface area contributed by atoms with Crippen LogP contribution in [-0.2, 0) is 15.1 Å². The van der Waals surface area contributed by atoms with Crippen molar-refractivity contribution in [2.24, 2.45) is 0 Å². The number of aromatic hydroxyl groups is 1. The second-order valence-electron chi connectivity index (χ2n) is 5.12. The number of esters is 1. The maximum Gasteiger partial charge on any atom is 0.330 e. The van der Waals surface area contributed by atoms with Crippen LogP contribution in [0, 0.1) is 0 Å². The number of phenolic OH excluding ortho intramolecular Hbond substituents is 1. The summed E-state index contributed by atoms with van der Waals surface area (Å²) < 4.78 is 4.92. The van der Waals surface area contributed by atoms with Gasteiger partial charge in [0.05, 0.1) is 7.11 Å². The highest BCUT2D eigenvalue weighted by Gasteiger charge is 2.36. The molecule has 0 fully saturated rings. The maximum atomic E-state index is 12.2. The summed E-state index contributed by atoms with van der Waals surface area (Å²) >= 11 is 0. The van der Waals surface area contributed by atoms with Crippen molar-refractivity contribution in [3.05, 3.63) is 29.8 Å². The highest BCUT2D eigenvalue weighted by Crippen LogP contribution is 2.25. The van der Waals surface area contributed by atoms with E-state index in [1.54, 1.807) is 31.2 Å². The van der Waals surface area contributed by atoms with Crippen molar-refractivity contribution in [3.63, 3.8) is 0 Å². The van der Waals surface area contributed by atoms with Crippen molar-refractivity contribution < 1.29 is 14.6 Å². The minimum atomic E-state index is -0.972. The average Bonchev–Trinajstić information content (AvgIpc) is 2.50. The highest BCUT2D eigenvalue weighted by atomic mass is 16.5. The Balaban J connectivity index is 2.87. The number of carbonyl (C=O) groups is 1. The Labute approximate surface area is 126 Å². The second-order valence-corrected chi connectivity index (χ2v) is 5.12. The molecule has 2 N–H and O–H groups in total. The van der Waals surface area contributed by atoms with Crippen molar-refractivity contribution >= 4 is 5.97 Å². The van der Waals surface area contributed by atoms with Gasteiger partial charge in [0, 0.05) is 13.1 Å². The predicted octanol–water partition coefficient (Wildman–Crippen LogP) is 1.71. The Morgan fingerprint density at radius 2 is 2.05 bits per heavy atom. The summed E-state index contributed by atoms with van der Waals surface area (Å²) in [5.41, 5.74) is -0.283. The number of rotatable bonds is 8. The van der Waals surface area contributed by atoms with E-state index in [0.29, 0.717) is 12.1 Å². The van der Waals surface area contributed by atoms with Gasteiger partial charge in [0.2, 0.25) is 0 Å². The van der Waals surface area contributed by atoms with Gasteiger partial charge in [-0.1, -0.05) is 26.0 Å². The Hall–Kier alpha value is -1.59. The van der Waals surface area contributed by atoms with Crippen LogP contribution in [0.25, 0.3) is 0 Å². The van der Waals surface area contributed by atoms with E-state index in [9.17, 15) is 9.90 Å². The molecule has 0 saturated carbocycles. The summed E-state index contributed by atoms with van der Waals surface area (Å²) in [5, 5.41) is 12.9. The third-order valence-corrected chi connectivity index (χ3v) is 3.82. The molecule has 21 heavy (non-hydrogen) atoms. The van der Waals surface area contributed by atoms with Gasteiger partial charge in [0.15, 0.2) is 0 Å². The van der Waals surface area contributed by atoms with Gasteiger partial charge in [-0.3, -0.25) is 5.32 Å². The first-order valence-corrected chi connectivity index (χ1v) is 7.33. The fourth-order valence-corrected chi connectivity index (χ4v) is 2.32. The Bertz CT molecular complexity index is 461. The lowest BCUT2D eigenvalue weighted by Gasteiger charge is -2.30. The van der Waals surface area contributed by atoms with Crippen LogP contribution in [-0.4, -0.2) is 49.3 Å². The van der Waals surface area contributed by atoms with Crippen LogP contribution in [0.4, 0.5) is 0 Å². The first-order chi connectivity index (χ1) is 9.97. The molecule has 1 unspecified atom stereocenters. The largest absolute Gasteiger partial charge is 0.508 e. The maximum absolute atomic E-state index is 12.2. The van der Waals surface area contributed by atoms with Crippen molar-refractivity contribution in [1.82, 2.24) is 10.2 Å². The van der Waals surface area contributed by atoms with Gasteiger partial charge in [-0.2, -0.15) is 0 Å². The van der Waals surface area contributed by atoms with E-state index in [1.807, 2.05) is 0 Å². The molecule has 0 heterocycles. The number of hydrogen-bond acceptors (Lipinski definition) is 5. The molecule has 0 saturated heterocycles. The molecule has 1 aromatic rings. The van der Waals surface area contributed by atoms with Crippen LogP contribution in [0.1, 0.15) is 26.3 Å². The van der Waals surface area contributed by atoms with E-state index >= 15 is 0 Å². The van der Waals surface area contributed by atoms with Gasteiger partial charge in [0.1, 0.15) is 11.3 Å². The zero-order valence-corrected chi connectivity index (χ0v) is 13.3. The molecule has 5 nitrogen and oxygen atoms in total. The van der Waals surface area contributed by atoms with E-state index in [1.165, 1.54) is 7.11 Å². The minimum absolute atomic E-state index is 0.133. The summed E-state index contributed by atoms with van der Waals surface area (Å²) in [6.07, 6.45) is 0. The van der Waals surface area contributed by atoms with Gasteiger partial charge in [-0.15, -0.1) is 0 Å². The smallest absolute Gasteiger partial charge is 0.330 e. The van der Waals surface area contributed by atoms with Crippen LogP contribution in [0.3, 0.4) is 0 Å². The molecule has 0 aromatic heterocycles. The van der Waals surface area contributed by atoms with Crippen molar-refractivity contribution in [1.29, 1.82) is 0 Å². The monoisotopic (exact) mass is 294 g/mol. The van der Waals surface area contributed by atoms with E-state index in [2.05, 4.69) is 24.1 Å². The van der Waals surface area contributed by atoms with Gasteiger partial charge in [-0.05, 0) is 37.7 Å². The molecule has 0 aliphatic heterocycles.